The molecule has 5 N–H and O–H groups in total. The van der Waals surface area contributed by atoms with Crippen LogP contribution >= 0.6 is 0 Å². The number of carbonyl (C=O) groups excluding carboxylic acids is 1. The molecule has 13 heavy (non-hydrogen) atoms. The molecule has 0 rings (SSSR count). The number of carboxylic acid groups (broad SMARTS) is 1. The number of hydrogen-bond acceptors (Lipinski definition) is 6. The maximum Gasteiger partial charge on any atom is 0.374 e. The van der Waals surface area contributed by atoms with Gasteiger partial charge >= 0.3 is 5.97 Å². The van der Waals surface area contributed by atoms with Gasteiger partial charge in [-0.25, -0.2) is 4.79 Å². The van der Waals surface area contributed by atoms with Gasteiger partial charge in [0.2, 0.25) is 5.76 Å². The highest BCUT2D eigenvalue weighted by Gasteiger charge is 2.25. The molecule has 2 atom stereocenters. The van der Waals surface area contributed by atoms with Crippen LogP contribution in [0.15, 0.2) is 11.5 Å². The molecule has 74 valence electrons. The highest BCUT2D eigenvalue weighted by molar-refractivity contribution is 5.84. The average molecular weight is 192 g/mol. The Labute approximate surface area is 72.2 Å². The minimum Gasteiger partial charge on any atom is -0.506 e. The first-order chi connectivity index (χ1) is 5.91. The zero-order valence-corrected chi connectivity index (χ0v) is 6.28. The molecule has 0 bridgehead atoms. The molecule has 0 aliphatic heterocycles. The fraction of sp³-hybridized carbons (Fsp3) is 0.333. The second-order valence-electron chi connectivity index (χ2n) is 2.11. The minimum atomic E-state index is -2.14. The molecule has 0 fully saturated rings. The standard InChI is InChI=1S/C6H8O7/c7-1-2(8)3(9)4(10)5(11)6(12)13/h1-3,8-11H,(H,12,13)/b5-4+. The van der Waals surface area contributed by atoms with E-state index >= 15 is 0 Å². The van der Waals surface area contributed by atoms with Crippen LogP contribution in [0.4, 0.5) is 0 Å². The van der Waals surface area contributed by atoms with E-state index in [2.05, 4.69) is 0 Å². The van der Waals surface area contributed by atoms with Gasteiger partial charge in [0, 0.05) is 0 Å². The summed E-state index contributed by atoms with van der Waals surface area (Å²) in [6, 6.07) is 0. The minimum absolute atomic E-state index is 0.115. The van der Waals surface area contributed by atoms with Gasteiger partial charge in [-0.3, -0.25) is 0 Å². The van der Waals surface area contributed by atoms with E-state index in [4.69, 9.17) is 25.5 Å². The molecule has 2 unspecified atom stereocenters. The summed E-state index contributed by atoms with van der Waals surface area (Å²) in [4.78, 5) is 19.9. The van der Waals surface area contributed by atoms with Crippen LogP contribution in [0.3, 0.4) is 0 Å². The Morgan fingerprint density at radius 1 is 1.15 bits per heavy atom. The number of carbonyl (C=O) groups is 2. The summed E-state index contributed by atoms with van der Waals surface area (Å²) >= 11 is 0. The molecule has 0 aromatic heterocycles. The third-order valence-corrected chi connectivity index (χ3v) is 1.19. The predicted molar refractivity (Wildman–Crippen MR) is 38.0 cm³/mol. The van der Waals surface area contributed by atoms with Gasteiger partial charge < -0.3 is 30.3 Å². The number of aldehydes is 1. The van der Waals surface area contributed by atoms with Crippen LogP contribution in [0.1, 0.15) is 0 Å². The molecule has 0 saturated carbocycles. The summed E-state index contributed by atoms with van der Waals surface area (Å²) in [6.45, 7) is 0. The maximum atomic E-state index is 10.0. The lowest BCUT2D eigenvalue weighted by Gasteiger charge is -2.11. The SMILES string of the molecule is O=CC(O)C(O)/C(O)=C(\O)C(=O)O. The molecule has 0 saturated heterocycles. The summed E-state index contributed by atoms with van der Waals surface area (Å²) in [7, 11) is 0. The Morgan fingerprint density at radius 2 is 1.62 bits per heavy atom. The van der Waals surface area contributed by atoms with Gasteiger partial charge in [0.25, 0.3) is 0 Å². The number of aliphatic hydroxyl groups excluding tert-OH is 4. The first-order valence-electron chi connectivity index (χ1n) is 3.08. The average Bonchev–Trinajstić information content (AvgIpc) is 2.12. The monoisotopic (exact) mass is 192 g/mol. The van der Waals surface area contributed by atoms with Crippen molar-refractivity contribution in [3.05, 3.63) is 11.5 Å². The van der Waals surface area contributed by atoms with Crippen molar-refractivity contribution in [3.63, 3.8) is 0 Å². The van der Waals surface area contributed by atoms with E-state index in [1.54, 1.807) is 0 Å². The number of rotatable bonds is 4. The zero-order chi connectivity index (χ0) is 10.6. The molecule has 7 heteroatoms. The molecular weight excluding hydrogens is 184 g/mol. The van der Waals surface area contributed by atoms with E-state index in [0.29, 0.717) is 0 Å². The van der Waals surface area contributed by atoms with E-state index < -0.39 is 29.7 Å². The lowest BCUT2D eigenvalue weighted by molar-refractivity contribution is -0.136. The Balaban J connectivity index is 4.76. The van der Waals surface area contributed by atoms with Gasteiger partial charge in [-0.05, 0) is 0 Å². The largest absolute Gasteiger partial charge is 0.506 e. The Morgan fingerprint density at radius 3 is 1.92 bits per heavy atom. The molecule has 0 heterocycles. The lowest BCUT2D eigenvalue weighted by Crippen LogP contribution is -2.30. The molecule has 0 aliphatic rings. The first-order valence-corrected chi connectivity index (χ1v) is 3.08. The van der Waals surface area contributed by atoms with Crippen molar-refractivity contribution in [2.45, 2.75) is 12.2 Å². The van der Waals surface area contributed by atoms with E-state index in [1.165, 1.54) is 0 Å². The molecule has 0 aliphatic carbocycles. The molecule has 0 aromatic rings. The maximum absolute atomic E-state index is 10.0. The second kappa shape index (κ2) is 4.43. The summed E-state index contributed by atoms with van der Waals surface area (Å²) in [5, 5.41) is 42.8. The van der Waals surface area contributed by atoms with Crippen molar-refractivity contribution in [2.75, 3.05) is 0 Å². The Bertz CT molecular complexity index is 243. The van der Waals surface area contributed by atoms with E-state index in [1.807, 2.05) is 0 Å². The van der Waals surface area contributed by atoms with Crippen molar-refractivity contribution >= 4 is 12.3 Å². The topological polar surface area (TPSA) is 135 Å². The highest BCUT2D eigenvalue weighted by Crippen LogP contribution is 2.06. The lowest BCUT2D eigenvalue weighted by atomic mass is 10.1. The van der Waals surface area contributed by atoms with E-state index in [9.17, 15) is 9.59 Å². The summed E-state index contributed by atoms with van der Waals surface area (Å²) in [5.41, 5.74) is 0. The fourth-order valence-electron chi connectivity index (χ4n) is 0.486. The van der Waals surface area contributed by atoms with E-state index in [-0.39, 0.29) is 6.29 Å². The smallest absolute Gasteiger partial charge is 0.374 e. The van der Waals surface area contributed by atoms with Crippen molar-refractivity contribution in [3.8, 4) is 0 Å². The van der Waals surface area contributed by atoms with Gasteiger partial charge in [-0.1, -0.05) is 0 Å². The van der Waals surface area contributed by atoms with Crippen LogP contribution in [0.2, 0.25) is 0 Å². The molecule has 0 aromatic carbocycles. The van der Waals surface area contributed by atoms with Crippen LogP contribution < -0.4 is 0 Å². The molecule has 0 spiro atoms. The van der Waals surface area contributed by atoms with Gasteiger partial charge in [0.05, 0.1) is 0 Å². The van der Waals surface area contributed by atoms with Crippen LogP contribution in [0.5, 0.6) is 0 Å². The first kappa shape index (κ1) is 11.4. The normalized spacial score (nSPS) is 17.1. The number of aliphatic hydroxyl groups is 4. The second-order valence-corrected chi connectivity index (χ2v) is 2.11. The molecular formula is C6H8O7. The van der Waals surface area contributed by atoms with Crippen molar-refractivity contribution in [2.24, 2.45) is 0 Å². The van der Waals surface area contributed by atoms with Crippen molar-refractivity contribution in [1.29, 1.82) is 0 Å². The third-order valence-electron chi connectivity index (χ3n) is 1.19. The van der Waals surface area contributed by atoms with Crippen molar-refractivity contribution < 1.29 is 35.1 Å². The third kappa shape index (κ3) is 2.73. The fourth-order valence-corrected chi connectivity index (χ4v) is 0.486. The highest BCUT2D eigenvalue weighted by atomic mass is 16.4. The summed E-state index contributed by atoms with van der Waals surface area (Å²) < 4.78 is 0. The molecule has 0 radical (unpaired) electrons. The van der Waals surface area contributed by atoms with E-state index in [0.717, 1.165) is 0 Å². The predicted octanol–water partition coefficient (Wildman–Crippen LogP) is -1.68. The van der Waals surface area contributed by atoms with Crippen molar-refractivity contribution in [1.82, 2.24) is 0 Å². The number of aliphatic carboxylic acids is 1. The van der Waals surface area contributed by atoms with Crippen LogP contribution in [0.25, 0.3) is 0 Å². The van der Waals surface area contributed by atoms with Gasteiger partial charge in [0.15, 0.2) is 12.0 Å². The Kier molecular flexibility index (Phi) is 3.89. The summed E-state index contributed by atoms with van der Waals surface area (Å²) in [5.74, 6) is -4.77. The van der Waals surface area contributed by atoms with Gasteiger partial charge in [-0.2, -0.15) is 0 Å². The van der Waals surface area contributed by atoms with Crippen LogP contribution in [-0.2, 0) is 9.59 Å². The van der Waals surface area contributed by atoms with Crippen LogP contribution in [0, 0.1) is 0 Å². The molecule has 7 nitrogen and oxygen atoms in total. The zero-order valence-electron chi connectivity index (χ0n) is 6.28. The Hall–Kier alpha value is -1.60. The van der Waals surface area contributed by atoms with Gasteiger partial charge in [-0.15, -0.1) is 0 Å². The van der Waals surface area contributed by atoms with Gasteiger partial charge in [0.1, 0.15) is 12.2 Å². The number of carboxylic acids is 1. The van der Waals surface area contributed by atoms with Crippen LogP contribution in [-0.4, -0.2) is 50.0 Å². The quantitative estimate of drug-likeness (QED) is 0.204. The number of hydrogen-bond donors (Lipinski definition) is 5. The summed E-state index contributed by atoms with van der Waals surface area (Å²) in [6.07, 6.45) is -4.24. The molecule has 0 amide bonds.